The summed E-state index contributed by atoms with van der Waals surface area (Å²) in [4.78, 5) is 2.30. The first-order valence-electron chi connectivity index (χ1n) is 9.48. The maximum atomic E-state index is 14.5. The molecular weight excluding hydrogens is 321 g/mol. The van der Waals surface area contributed by atoms with Crippen molar-refractivity contribution in [3.63, 3.8) is 0 Å². The maximum absolute atomic E-state index is 14.5. The molecular formula is C24H30FN. The molecule has 138 valence electrons. The predicted octanol–water partition coefficient (Wildman–Crippen LogP) is 6.33. The van der Waals surface area contributed by atoms with E-state index in [-0.39, 0.29) is 11.4 Å². The first-order chi connectivity index (χ1) is 12.1. The Bertz CT molecular complexity index is 878. The van der Waals surface area contributed by atoms with Gasteiger partial charge in [0.1, 0.15) is 5.82 Å². The topological polar surface area (TPSA) is 3.24 Å². The Morgan fingerprint density at radius 3 is 2.46 bits per heavy atom. The Balaban J connectivity index is 2.17. The van der Waals surface area contributed by atoms with Crippen molar-refractivity contribution in [1.29, 1.82) is 0 Å². The molecule has 1 heterocycles. The minimum absolute atomic E-state index is 0.0957. The van der Waals surface area contributed by atoms with E-state index >= 15 is 0 Å². The second-order valence-corrected chi connectivity index (χ2v) is 8.35. The minimum Gasteiger partial charge on any atom is -0.361 e. The van der Waals surface area contributed by atoms with Gasteiger partial charge in [0.2, 0.25) is 0 Å². The van der Waals surface area contributed by atoms with Crippen molar-refractivity contribution >= 4 is 11.8 Å². The number of hydrogen-bond acceptors (Lipinski definition) is 1. The zero-order chi connectivity index (χ0) is 19.2. The average molecular weight is 352 g/mol. The van der Waals surface area contributed by atoms with E-state index in [2.05, 4.69) is 77.8 Å². The molecule has 0 saturated carbocycles. The standard InChI is InChI=1S/C24H30FN/c1-15(2)12-20-19-10-11-24(6,26(7)23(19)9-8-22(20)25)21-14-16(3)13-17(4)18(21)5/h8-11,13-15H,12H2,1-7H3. The number of fused-ring (bicyclic) bond motifs is 1. The van der Waals surface area contributed by atoms with Gasteiger partial charge in [0.25, 0.3) is 0 Å². The first-order valence-corrected chi connectivity index (χ1v) is 9.48. The molecule has 2 aromatic rings. The van der Waals surface area contributed by atoms with Crippen LogP contribution in [-0.4, -0.2) is 7.05 Å². The minimum atomic E-state index is -0.249. The van der Waals surface area contributed by atoms with Gasteiger partial charge in [0, 0.05) is 18.3 Å². The molecule has 0 saturated heterocycles. The Morgan fingerprint density at radius 1 is 1.12 bits per heavy atom. The zero-order valence-electron chi connectivity index (χ0n) is 17.1. The third-order valence-corrected chi connectivity index (χ3v) is 5.88. The summed E-state index contributed by atoms with van der Waals surface area (Å²) < 4.78 is 14.5. The van der Waals surface area contributed by atoms with Gasteiger partial charge in [0.15, 0.2) is 0 Å². The van der Waals surface area contributed by atoms with Crippen LogP contribution >= 0.6 is 0 Å². The monoisotopic (exact) mass is 351 g/mol. The van der Waals surface area contributed by atoms with Gasteiger partial charge in [-0.3, -0.25) is 0 Å². The van der Waals surface area contributed by atoms with Crippen molar-refractivity contribution in [2.75, 3.05) is 11.9 Å². The van der Waals surface area contributed by atoms with Gasteiger partial charge in [-0.15, -0.1) is 0 Å². The number of anilines is 1. The maximum Gasteiger partial charge on any atom is 0.127 e. The lowest BCUT2D eigenvalue weighted by molar-refractivity contribution is 0.557. The Labute approximate surface area is 157 Å². The molecule has 3 rings (SSSR count). The van der Waals surface area contributed by atoms with E-state index in [0.717, 1.165) is 23.2 Å². The van der Waals surface area contributed by atoms with Gasteiger partial charge in [-0.25, -0.2) is 4.39 Å². The Hall–Kier alpha value is -2.09. The molecule has 1 nitrogen and oxygen atoms in total. The molecule has 2 aromatic carbocycles. The molecule has 0 amide bonds. The fourth-order valence-electron chi connectivity index (χ4n) is 4.16. The number of benzene rings is 2. The second kappa shape index (κ2) is 6.57. The molecule has 0 spiro atoms. The highest BCUT2D eigenvalue weighted by Crippen LogP contribution is 2.43. The summed E-state index contributed by atoms with van der Waals surface area (Å²) in [7, 11) is 2.12. The molecule has 0 N–H and O–H groups in total. The first kappa shape index (κ1) is 18.7. The van der Waals surface area contributed by atoms with Crippen molar-refractivity contribution < 1.29 is 4.39 Å². The zero-order valence-corrected chi connectivity index (χ0v) is 17.1. The van der Waals surface area contributed by atoms with Crippen LogP contribution in [0, 0.1) is 32.5 Å². The number of nitrogens with zero attached hydrogens (tertiary/aromatic N) is 1. The smallest absolute Gasteiger partial charge is 0.127 e. The quantitative estimate of drug-likeness (QED) is 0.625. The summed E-state index contributed by atoms with van der Waals surface area (Å²) in [5.74, 6) is 0.325. The summed E-state index contributed by atoms with van der Waals surface area (Å²) in [5.41, 5.74) is 7.94. The van der Waals surface area contributed by atoms with Crippen LogP contribution in [0.4, 0.5) is 10.1 Å². The normalized spacial score (nSPS) is 19.2. The molecule has 26 heavy (non-hydrogen) atoms. The number of rotatable bonds is 3. The number of likely N-dealkylation sites (N-methyl/N-ethyl adjacent to an activating group) is 1. The highest BCUT2D eigenvalue weighted by atomic mass is 19.1. The SMILES string of the molecule is Cc1cc(C)c(C)c(C2(C)C=Cc3c(ccc(F)c3CC(C)C)N2C)c1. The van der Waals surface area contributed by atoms with E-state index in [1.54, 1.807) is 6.07 Å². The van der Waals surface area contributed by atoms with E-state index < -0.39 is 0 Å². The van der Waals surface area contributed by atoms with Gasteiger partial charge in [0.05, 0.1) is 5.54 Å². The van der Waals surface area contributed by atoms with Crippen LogP contribution in [0.15, 0.2) is 30.3 Å². The lowest BCUT2D eigenvalue weighted by Gasteiger charge is -2.43. The third-order valence-electron chi connectivity index (χ3n) is 5.88. The van der Waals surface area contributed by atoms with Crippen LogP contribution in [0.2, 0.25) is 0 Å². The average Bonchev–Trinajstić information content (AvgIpc) is 2.56. The molecule has 1 atom stereocenters. The van der Waals surface area contributed by atoms with E-state index in [1.807, 2.05) is 6.07 Å². The molecule has 1 aliphatic heterocycles. The van der Waals surface area contributed by atoms with Gasteiger partial charge in [-0.1, -0.05) is 43.7 Å². The summed E-state index contributed by atoms with van der Waals surface area (Å²) in [6.45, 7) is 13.0. The molecule has 2 heteroatoms. The number of aryl methyl sites for hydroxylation is 2. The third kappa shape index (κ3) is 2.96. The highest BCUT2D eigenvalue weighted by Gasteiger charge is 2.35. The Kier molecular flexibility index (Phi) is 4.72. The largest absolute Gasteiger partial charge is 0.361 e. The van der Waals surface area contributed by atoms with Crippen molar-refractivity contribution in [1.82, 2.24) is 0 Å². The van der Waals surface area contributed by atoms with Gasteiger partial charge in [-0.05, 0) is 74.4 Å². The highest BCUT2D eigenvalue weighted by molar-refractivity contribution is 5.77. The summed E-state index contributed by atoms with van der Waals surface area (Å²) >= 11 is 0. The fourth-order valence-corrected chi connectivity index (χ4v) is 4.16. The van der Waals surface area contributed by atoms with Crippen molar-refractivity contribution in [2.45, 2.75) is 53.5 Å². The summed E-state index contributed by atoms with van der Waals surface area (Å²) in [6.07, 6.45) is 5.12. The van der Waals surface area contributed by atoms with Crippen LogP contribution in [0.5, 0.6) is 0 Å². The molecule has 0 bridgehead atoms. The molecule has 0 radical (unpaired) electrons. The summed E-state index contributed by atoms with van der Waals surface area (Å²) in [5, 5.41) is 0. The van der Waals surface area contributed by atoms with Gasteiger partial charge in [-0.2, -0.15) is 0 Å². The van der Waals surface area contributed by atoms with Gasteiger partial charge < -0.3 is 4.90 Å². The lowest BCUT2D eigenvalue weighted by Crippen LogP contribution is -2.42. The molecule has 0 fully saturated rings. The van der Waals surface area contributed by atoms with E-state index in [9.17, 15) is 4.39 Å². The van der Waals surface area contributed by atoms with Crippen molar-refractivity contribution in [3.05, 3.63) is 69.5 Å². The molecule has 1 aliphatic rings. The molecule has 0 aliphatic carbocycles. The van der Waals surface area contributed by atoms with E-state index in [4.69, 9.17) is 0 Å². The molecule has 1 unspecified atom stereocenters. The molecule has 0 aromatic heterocycles. The van der Waals surface area contributed by atoms with Crippen molar-refractivity contribution in [2.24, 2.45) is 5.92 Å². The second-order valence-electron chi connectivity index (χ2n) is 8.35. The van der Waals surface area contributed by atoms with Crippen LogP contribution in [-0.2, 0) is 12.0 Å². The summed E-state index contributed by atoms with van der Waals surface area (Å²) in [6, 6.07) is 8.07. The van der Waals surface area contributed by atoms with Crippen molar-refractivity contribution in [3.8, 4) is 0 Å². The van der Waals surface area contributed by atoms with Crippen LogP contribution < -0.4 is 4.90 Å². The van der Waals surface area contributed by atoms with E-state index in [0.29, 0.717) is 5.92 Å². The van der Waals surface area contributed by atoms with Crippen LogP contribution in [0.25, 0.3) is 6.08 Å². The lowest BCUT2D eigenvalue weighted by atomic mass is 9.80. The number of hydrogen-bond donors (Lipinski definition) is 0. The van der Waals surface area contributed by atoms with E-state index in [1.165, 1.54) is 22.3 Å². The van der Waals surface area contributed by atoms with Gasteiger partial charge >= 0.3 is 0 Å². The fraction of sp³-hybridized carbons (Fsp3) is 0.417. The van der Waals surface area contributed by atoms with Crippen LogP contribution in [0.1, 0.15) is 54.2 Å². The predicted molar refractivity (Wildman–Crippen MR) is 110 cm³/mol. The Morgan fingerprint density at radius 2 is 1.81 bits per heavy atom. The number of halogens is 1. The van der Waals surface area contributed by atoms with Crippen LogP contribution in [0.3, 0.4) is 0 Å².